The lowest BCUT2D eigenvalue weighted by atomic mass is 10.0. The molecule has 6 nitrogen and oxygen atoms in total. The van der Waals surface area contributed by atoms with Crippen molar-refractivity contribution < 1.29 is 17.9 Å². The van der Waals surface area contributed by atoms with Gasteiger partial charge in [0.1, 0.15) is 10.6 Å². The van der Waals surface area contributed by atoms with Gasteiger partial charge in [-0.15, -0.1) is 0 Å². The van der Waals surface area contributed by atoms with E-state index in [1.165, 1.54) is 13.2 Å². The molecule has 1 aliphatic rings. The molecule has 1 heterocycles. The largest absolute Gasteiger partial charge is 0.495 e. The predicted octanol–water partition coefficient (Wildman–Crippen LogP) is 0.0186. The van der Waals surface area contributed by atoms with Gasteiger partial charge in [-0.1, -0.05) is 0 Å². The van der Waals surface area contributed by atoms with E-state index in [0.717, 1.165) is 12.0 Å². The number of carbonyl (C=O) groups is 1. The van der Waals surface area contributed by atoms with Crippen LogP contribution >= 0.6 is 0 Å². The molecule has 98 valence electrons. The smallest absolute Gasteiger partial charge is 0.251 e. The number of nitrogens with two attached hydrogens (primary N) is 1. The number of sulfonamides is 1. The van der Waals surface area contributed by atoms with E-state index in [1.807, 2.05) is 0 Å². The fourth-order valence-electron chi connectivity index (χ4n) is 1.98. The number of hydrogen-bond acceptors (Lipinski definition) is 4. The zero-order chi connectivity index (χ0) is 13.3. The highest BCUT2D eigenvalue weighted by Gasteiger charge is 2.22. The third kappa shape index (κ3) is 2.32. The number of benzene rings is 1. The van der Waals surface area contributed by atoms with Crippen LogP contribution in [0.1, 0.15) is 22.3 Å². The van der Waals surface area contributed by atoms with Crippen molar-refractivity contribution in [1.82, 2.24) is 5.32 Å². The Balaban J connectivity index is 2.67. The molecule has 1 aromatic carbocycles. The lowest BCUT2D eigenvalue weighted by Crippen LogP contribution is -2.23. The Hall–Kier alpha value is -1.60. The number of amides is 1. The number of aryl methyl sites for hydroxylation is 1. The number of carbonyl (C=O) groups excluding carboxylic acids is 1. The lowest BCUT2D eigenvalue weighted by Gasteiger charge is -2.11. The summed E-state index contributed by atoms with van der Waals surface area (Å²) in [6.07, 6.45) is 1.49. The van der Waals surface area contributed by atoms with Gasteiger partial charge in [0, 0.05) is 12.1 Å². The summed E-state index contributed by atoms with van der Waals surface area (Å²) in [5.41, 5.74) is 1.12. The third-order valence-corrected chi connectivity index (χ3v) is 3.78. The van der Waals surface area contributed by atoms with Gasteiger partial charge in [0.15, 0.2) is 0 Å². The Kier molecular flexibility index (Phi) is 3.27. The quantitative estimate of drug-likeness (QED) is 0.791. The predicted molar refractivity (Wildman–Crippen MR) is 65.0 cm³/mol. The molecule has 0 fully saturated rings. The van der Waals surface area contributed by atoms with E-state index in [2.05, 4.69) is 5.32 Å². The van der Waals surface area contributed by atoms with E-state index in [-0.39, 0.29) is 16.6 Å². The zero-order valence-corrected chi connectivity index (χ0v) is 10.7. The minimum absolute atomic E-state index is 0.166. The van der Waals surface area contributed by atoms with Gasteiger partial charge in [-0.25, -0.2) is 13.6 Å². The molecule has 0 bridgehead atoms. The summed E-state index contributed by atoms with van der Waals surface area (Å²) < 4.78 is 27.9. The van der Waals surface area contributed by atoms with Crippen molar-refractivity contribution in [2.45, 2.75) is 17.7 Å². The highest BCUT2D eigenvalue weighted by atomic mass is 32.2. The molecule has 0 atom stereocenters. The maximum atomic E-state index is 11.8. The first kappa shape index (κ1) is 12.8. The maximum absolute atomic E-state index is 11.8. The molecular formula is C11H14N2O4S. The number of hydrogen-bond donors (Lipinski definition) is 2. The van der Waals surface area contributed by atoms with Crippen LogP contribution < -0.4 is 15.2 Å². The normalized spacial score (nSPS) is 15.6. The molecule has 0 aliphatic carbocycles. The summed E-state index contributed by atoms with van der Waals surface area (Å²) in [7, 11) is -2.55. The SMILES string of the molecule is COc1cc2c(cc1S(N)(=O)=O)C(=O)NCCC2. The van der Waals surface area contributed by atoms with Gasteiger partial charge in [0.05, 0.1) is 7.11 Å². The highest BCUT2D eigenvalue weighted by molar-refractivity contribution is 7.89. The first-order chi connectivity index (χ1) is 8.43. The molecule has 1 aromatic rings. The first-order valence-corrected chi connectivity index (χ1v) is 7.00. The highest BCUT2D eigenvalue weighted by Crippen LogP contribution is 2.28. The van der Waals surface area contributed by atoms with Gasteiger partial charge in [-0.2, -0.15) is 0 Å². The van der Waals surface area contributed by atoms with Crippen LogP contribution in [-0.4, -0.2) is 28.0 Å². The molecule has 0 saturated carbocycles. The van der Waals surface area contributed by atoms with Crippen LogP contribution in [0.5, 0.6) is 5.75 Å². The molecule has 1 amide bonds. The molecule has 2 rings (SSSR count). The van der Waals surface area contributed by atoms with Crippen LogP contribution in [0.15, 0.2) is 17.0 Å². The zero-order valence-electron chi connectivity index (χ0n) is 9.89. The molecule has 0 aromatic heterocycles. The molecule has 0 unspecified atom stereocenters. The van der Waals surface area contributed by atoms with Crippen molar-refractivity contribution >= 4 is 15.9 Å². The van der Waals surface area contributed by atoms with Crippen LogP contribution in [0.2, 0.25) is 0 Å². The Labute approximate surface area is 105 Å². The van der Waals surface area contributed by atoms with E-state index < -0.39 is 10.0 Å². The molecule has 18 heavy (non-hydrogen) atoms. The Morgan fingerprint density at radius 3 is 2.72 bits per heavy atom. The Morgan fingerprint density at radius 1 is 1.39 bits per heavy atom. The van der Waals surface area contributed by atoms with Crippen molar-refractivity contribution in [1.29, 1.82) is 0 Å². The summed E-state index contributed by atoms with van der Waals surface area (Å²) in [6, 6.07) is 2.85. The summed E-state index contributed by atoms with van der Waals surface area (Å²) in [5, 5.41) is 7.81. The standard InChI is InChI=1S/C11H14N2O4S/c1-17-9-5-7-3-2-4-13-11(14)8(7)6-10(9)18(12,15)16/h5-6H,2-4H2,1H3,(H,13,14)(H2,12,15,16). The summed E-state index contributed by atoms with van der Waals surface area (Å²) in [4.78, 5) is 11.6. The molecule has 0 radical (unpaired) electrons. The number of rotatable bonds is 2. The van der Waals surface area contributed by atoms with Gasteiger partial charge < -0.3 is 10.1 Å². The average molecular weight is 270 g/mol. The van der Waals surface area contributed by atoms with Crippen LogP contribution in [0.25, 0.3) is 0 Å². The third-order valence-electron chi connectivity index (χ3n) is 2.85. The fraction of sp³-hybridized carbons (Fsp3) is 0.364. The molecule has 0 saturated heterocycles. The Bertz CT molecular complexity index is 595. The van der Waals surface area contributed by atoms with Crippen LogP contribution in [0.4, 0.5) is 0 Å². The van der Waals surface area contributed by atoms with Gasteiger partial charge in [-0.05, 0) is 30.5 Å². The maximum Gasteiger partial charge on any atom is 0.251 e. The molecule has 1 aliphatic heterocycles. The number of methoxy groups -OCH3 is 1. The van der Waals surface area contributed by atoms with E-state index in [9.17, 15) is 13.2 Å². The van der Waals surface area contributed by atoms with Crippen molar-refractivity contribution in [3.63, 3.8) is 0 Å². The van der Waals surface area contributed by atoms with Crippen LogP contribution in [0.3, 0.4) is 0 Å². The monoisotopic (exact) mass is 270 g/mol. The van der Waals surface area contributed by atoms with Gasteiger partial charge in [-0.3, -0.25) is 4.79 Å². The topological polar surface area (TPSA) is 98.5 Å². The molecule has 7 heteroatoms. The average Bonchev–Trinajstić information content (AvgIpc) is 2.48. The number of nitrogens with one attached hydrogen (secondary N) is 1. The van der Waals surface area contributed by atoms with Crippen molar-refractivity contribution in [2.24, 2.45) is 5.14 Å². The van der Waals surface area contributed by atoms with E-state index in [0.29, 0.717) is 18.5 Å². The van der Waals surface area contributed by atoms with E-state index in [1.54, 1.807) is 6.07 Å². The second-order valence-electron chi connectivity index (χ2n) is 4.06. The minimum atomic E-state index is -3.92. The van der Waals surface area contributed by atoms with Crippen molar-refractivity contribution in [3.05, 3.63) is 23.3 Å². The number of fused-ring (bicyclic) bond motifs is 1. The van der Waals surface area contributed by atoms with Crippen molar-refractivity contribution in [3.8, 4) is 5.75 Å². The summed E-state index contributed by atoms with van der Waals surface area (Å²) in [5.74, 6) is -0.110. The van der Waals surface area contributed by atoms with Gasteiger partial charge >= 0.3 is 0 Å². The Morgan fingerprint density at radius 2 is 2.11 bits per heavy atom. The van der Waals surface area contributed by atoms with Crippen LogP contribution in [0, 0.1) is 0 Å². The van der Waals surface area contributed by atoms with Gasteiger partial charge in [0.25, 0.3) is 5.91 Å². The molecular weight excluding hydrogens is 256 g/mol. The first-order valence-electron chi connectivity index (χ1n) is 5.45. The van der Waals surface area contributed by atoms with Crippen molar-refractivity contribution in [2.75, 3.05) is 13.7 Å². The molecule has 3 N–H and O–H groups in total. The number of primary sulfonamides is 1. The van der Waals surface area contributed by atoms with Gasteiger partial charge in [0.2, 0.25) is 10.0 Å². The summed E-state index contributed by atoms with van der Waals surface area (Å²) >= 11 is 0. The minimum Gasteiger partial charge on any atom is -0.495 e. The van der Waals surface area contributed by atoms with E-state index >= 15 is 0 Å². The fourth-order valence-corrected chi connectivity index (χ4v) is 2.68. The lowest BCUT2D eigenvalue weighted by molar-refractivity contribution is 0.0956. The second-order valence-corrected chi connectivity index (χ2v) is 5.59. The van der Waals surface area contributed by atoms with Crippen LogP contribution in [-0.2, 0) is 16.4 Å². The number of ether oxygens (including phenoxy) is 1. The second kappa shape index (κ2) is 4.58. The summed E-state index contributed by atoms with van der Waals surface area (Å²) in [6.45, 7) is 0.570. The molecule has 0 spiro atoms. The van der Waals surface area contributed by atoms with E-state index in [4.69, 9.17) is 9.88 Å².